The zero-order chi connectivity index (χ0) is 15.5. The quantitative estimate of drug-likeness (QED) is 0.937. The molecule has 5 nitrogen and oxygen atoms in total. The summed E-state index contributed by atoms with van der Waals surface area (Å²) in [5, 5.41) is 8.25. The van der Waals surface area contributed by atoms with Crippen LogP contribution in [-0.2, 0) is 0 Å². The van der Waals surface area contributed by atoms with Crippen molar-refractivity contribution in [3.05, 3.63) is 60.2 Å². The van der Waals surface area contributed by atoms with Gasteiger partial charge in [0.2, 0.25) is 0 Å². The molecule has 0 bridgehead atoms. The van der Waals surface area contributed by atoms with Gasteiger partial charge in [-0.05, 0) is 31.2 Å². The van der Waals surface area contributed by atoms with Gasteiger partial charge in [-0.2, -0.15) is 4.99 Å². The normalized spacial score (nSPS) is 14.2. The van der Waals surface area contributed by atoms with E-state index in [0.717, 1.165) is 11.3 Å². The first kappa shape index (κ1) is 14.0. The predicted molar refractivity (Wildman–Crippen MR) is 86.2 cm³/mol. The zero-order valence-electron chi connectivity index (χ0n) is 12.1. The third-order valence-corrected chi connectivity index (χ3v) is 3.30. The number of carbonyl (C=O) groups is 1. The monoisotopic (exact) mass is 293 g/mol. The Morgan fingerprint density at radius 1 is 1.09 bits per heavy atom. The molecule has 1 N–H and O–H groups in total. The lowest BCUT2D eigenvalue weighted by atomic mass is 10.1. The lowest BCUT2D eigenvalue weighted by Crippen LogP contribution is -2.32. The van der Waals surface area contributed by atoms with Crippen molar-refractivity contribution in [3.8, 4) is 5.75 Å². The van der Waals surface area contributed by atoms with E-state index in [0.29, 0.717) is 18.0 Å². The molecule has 0 unspecified atom stereocenters. The number of amides is 2. The molecule has 1 aliphatic rings. The fraction of sp³-hybridized carbons (Fsp3) is 0.118. The van der Waals surface area contributed by atoms with Crippen LogP contribution in [0.2, 0.25) is 0 Å². The van der Waals surface area contributed by atoms with Crippen LogP contribution in [0.15, 0.2) is 59.6 Å². The largest absolute Gasteiger partial charge is 0.494 e. The number of ether oxygens (including phenoxy) is 1. The molecule has 0 saturated carbocycles. The van der Waals surface area contributed by atoms with Crippen LogP contribution in [0.3, 0.4) is 0 Å². The number of hydrogen-bond acceptors (Lipinski definition) is 3. The molecule has 1 heterocycles. The van der Waals surface area contributed by atoms with Crippen LogP contribution in [0.1, 0.15) is 12.5 Å². The maximum atomic E-state index is 12.1. The summed E-state index contributed by atoms with van der Waals surface area (Å²) in [6.45, 7) is 2.49. The maximum absolute atomic E-state index is 12.1. The van der Waals surface area contributed by atoms with Crippen LogP contribution >= 0.6 is 0 Å². The smallest absolute Gasteiger partial charge is 0.354 e. The van der Waals surface area contributed by atoms with Gasteiger partial charge in [0.05, 0.1) is 12.3 Å². The highest BCUT2D eigenvalue weighted by Crippen LogP contribution is 2.24. The molecular weight excluding hydrogens is 278 g/mol. The van der Waals surface area contributed by atoms with Gasteiger partial charge in [0.1, 0.15) is 11.5 Å². The second kappa shape index (κ2) is 5.81. The molecule has 2 amide bonds. The number of benzene rings is 2. The van der Waals surface area contributed by atoms with Gasteiger partial charge in [0.15, 0.2) is 5.84 Å². The van der Waals surface area contributed by atoms with Crippen LogP contribution in [0.5, 0.6) is 5.75 Å². The molecular formula is C17H15N3O2. The molecule has 3 rings (SSSR count). The summed E-state index contributed by atoms with van der Waals surface area (Å²) in [5.74, 6) is 0.814. The molecule has 0 spiro atoms. The minimum Gasteiger partial charge on any atom is -0.494 e. The Kier molecular flexibility index (Phi) is 3.70. The van der Waals surface area contributed by atoms with Crippen LogP contribution in [0, 0.1) is 5.41 Å². The van der Waals surface area contributed by atoms with E-state index in [4.69, 9.17) is 10.1 Å². The number of hydrogen-bond donors (Lipinski definition) is 1. The summed E-state index contributed by atoms with van der Waals surface area (Å²) in [6.07, 6.45) is 0. The van der Waals surface area contributed by atoms with Gasteiger partial charge in [-0.1, -0.05) is 30.3 Å². The first-order valence-corrected chi connectivity index (χ1v) is 7.00. The summed E-state index contributed by atoms with van der Waals surface area (Å²) < 4.78 is 5.38. The third kappa shape index (κ3) is 2.48. The Balaban J connectivity index is 1.88. The molecule has 1 aliphatic heterocycles. The Hall–Kier alpha value is -2.95. The Morgan fingerprint density at radius 3 is 2.41 bits per heavy atom. The Morgan fingerprint density at radius 2 is 1.77 bits per heavy atom. The average molecular weight is 293 g/mol. The van der Waals surface area contributed by atoms with E-state index in [1.54, 1.807) is 24.3 Å². The minimum atomic E-state index is -0.451. The van der Waals surface area contributed by atoms with Crippen LogP contribution in [-0.4, -0.2) is 24.2 Å². The summed E-state index contributed by atoms with van der Waals surface area (Å²) in [6, 6.07) is 15.9. The summed E-state index contributed by atoms with van der Waals surface area (Å²) >= 11 is 0. The van der Waals surface area contributed by atoms with E-state index in [1.165, 1.54) is 4.90 Å². The minimum absolute atomic E-state index is 0.0837. The molecule has 2 aromatic carbocycles. The summed E-state index contributed by atoms with van der Waals surface area (Å²) in [5.41, 5.74) is 1.75. The number of rotatable bonds is 4. The number of amidine groups is 1. The second-order valence-corrected chi connectivity index (χ2v) is 4.72. The van der Waals surface area contributed by atoms with Crippen molar-refractivity contribution in [2.45, 2.75) is 6.92 Å². The lowest BCUT2D eigenvalue weighted by Gasteiger charge is -2.16. The fourth-order valence-corrected chi connectivity index (χ4v) is 2.30. The van der Waals surface area contributed by atoms with Crippen molar-refractivity contribution in [3.63, 3.8) is 0 Å². The number of nitrogens with zero attached hydrogens (tertiary/aromatic N) is 2. The molecule has 0 saturated heterocycles. The molecule has 0 fully saturated rings. The number of urea groups is 1. The van der Waals surface area contributed by atoms with Gasteiger partial charge in [0.25, 0.3) is 0 Å². The second-order valence-electron chi connectivity index (χ2n) is 4.72. The lowest BCUT2D eigenvalue weighted by molar-refractivity contribution is 0.257. The van der Waals surface area contributed by atoms with Gasteiger partial charge in [-0.3, -0.25) is 5.41 Å². The van der Waals surface area contributed by atoms with Gasteiger partial charge < -0.3 is 4.74 Å². The number of aliphatic imine (C=N–C) groups is 1. The number of anilines is 1. The van der Waals surface area contributed by atoms with Crippen molar-refractivity contribution >= 4 is 23.3 Å². The zero-order valence-corrected chi connectivity index (χ0v) is 12.1. The Labute approximate surface area is 128 Å². The van der Waals surface area contributed by atoms with Gasteiger partial charge in [0, 0.05) is 5.56 Å². The first-order chi connectivity index (χ1) is 10.7. The number of carbonyl (C=O) groups excluding carboxylic acids is 1. The van der Waals surface area contributed by atoms with Gasteiger partial charge in [-0.15, -0.1) is 0 Å². The SMILES string of the molecule is CCOc1ccc(N2C(=N)C(c3ccccc3)=NC2=O)cc1. The highest BCUT2D eigenvalue weighted by molar-refractivity contribution is 6.59. The Bertz CT molecular complexity index is 736. The number of nitrogens with one attached hydrogen (secondary N) is 1. The van der Waals surface area contributed by atoms with Gasteiger partial charge in [-0.25, -0.2) is 9.69 Å². The van der Waals surface area contributed by atoms with Crippen molar-refractivity contribution < 1.29 is 9.53 Å². The third-order valence-electron chi connectivity index (χ3n) is 3.30. The molecule has 0 atom stereocenters. The standard InChI is InChI=1S/C17H15N3O2/c1-2-22-14-10-8-13(9-11-14)20-16(18)15(19-17(20)21)12-6-4-3-5-7-12/h3-11,18H,2H2,1H3. The van der Waals surface area contributed by atoms with E-state index >= 15 is 0 Å². The van der Waals surface area contributed by atoms with E-state index in [1.807, 2.05) is 37.3 Å². The molecule has 0 aromatic heterocycles. The van der Waals surface area contributed by atoms with E-state index in [-0.39, 0.29) is 5.84 Å². The van der Waals surface area contributed by atoms with Crippen molar-refractivity contribution in [1.29, 1.82) is 5.41 Å². The first-order valence-electron chi connectivity index (χ1n) is 7.00. The summed E-state index contributed by atoms with van der Waals surface area (Å²) in [4.78, 5) is 17.4. The van der Waals surface area contributed by atoms with Crippen molar-refractivity contribution in [2.75, 3.05) is 11.5 Å². The molecule has 110 valence electrons. The predicted octanol–water partition coefficient (Wildman–Crippen LogP) is 3.49. The molecule has 2 aromatic rings. The fourth-order valence-electron chi connectivity index (χ4n) is 2.30. The van der Waals surface area contributed by atoms with Crippen LogP contribution in [0.4, 0.5) is 10.5 Å². The van der Waals surface area contributed by atoms with E-state index < -0.39 is 6.03 Å². The maximum Gasteiger partial charge on any atom is 0.354 e. The van der Waals surface area contributed by atoms with Crippen LogP contribution < -0.4 is 9.64 Å². The van der Waals surface area contributed by atoms with Crippen LogP contribution in [0.25, 0.3) is 0 Å². The molecule has 5 heteroatoms. The molecule has 0 aliphatic carbocycles. The average Bonchev–Trinajstić information content (AvgIpc) is 2.84. The highest BCUT2D eigenvalue weighted by Gasteiger charge is 2.31. The van der Waals surface area contributed by atoms with E-state index in [9.17, 15) is 4.79 Å². The topological polar surface area (TPSA) is 65.8 Å². The van der Waals surface area contributed by atoms with Gasteiger partial charge >= 0.3 is 6.03 Å². The molecule has 22 heavy (non-hydrogen) atoms. The summed E-state index contributed by atoms with van der Waals surface area (Å²) in [7, 11) is 0. The molecule has 0 radical (unpaired) electrons. The van der Waals surface area contributed by atoms with Crippen molar-refractivity contribution in [1.82, 2.24) is 0 Å². The van der Waals surface area contributed by atoms with E-state index in [2.05, 4.69) is 4.99 Å². The van der Waals surface area contributed by atoms with Crippen molar-refractivity contribution in [2.24, 2.45) is 4.99 Å². The highest BCUT2D eigenvalue weighted by atomic mass is 16.5.